The molecule has 0 aliphatic heterocycles. The molecule has 0 aromatic rings. The van der Waals surface area contributed by atoms with E-state index in [0.717, 1.165) is 31.3 Å². The Labute approximate surface area is 216 Å². The summed E-state index contributed by atoms with van der Waals surface area (Å²) < 4.78 is 0. The van der Waals surface area contributed by atoms with E-state index < -0.39 is 35.1 Å². The summed E-state index contributed by atoms with van der Waals surface area (Å²) in [6.07, 6.45) is 5.48. The third-order valence-corrected chi connectivity index (χ3v) is 13.4. The number of carboxylic acid groups (broad SMARTS) is 1. The minimum Gasteiger partial charge on any atom is -0.481 e. The number of hydrogen-bond donors (Lipinski definition) is 5. The first-order valence-corrected chi connectivity index (χ1v) is 14.1. The first-order chi connectivity index (χ1) is 16.5. The van der Waals surface area contributed by atoms with Crippen LogP contribution in [0.1, 0.15) is 92.9 Å². The minimum atomic E-state index is -0.944. The summed E-state index contributed by atoms with van der Waals surface area (Å²) in [4.78, 5) is 12.8. The molecular weight excluding hydrogens is 456 g/mol. The van der Waals surface area contributed by atoms with E-state index in [2.05, 4.69) is 40.7 Å². The molecule has 0 saturated heterocycles. The van der Waals surface area contributed by atoms with Crippen molar-refractivity contribution in [3.8, 4) is 0 Å². The second-order valence-electron chi connectivity index (χ2n) is 15.0. The second kappa shape index (κ2) is 7.80. The van der Waals surface area contributed by atoms with Gasteiger partial charge in [-0.25, -0.2) is 0 Å². The van der Waals surface area contributed by atoms with Crippen LogP contribution < -0.4 is 0 Å². The van der Waals surface area contributed by atoms with Crippen molar-refractivity contribution in [2.75, 3.05) is 6.61 Å². The number of aliphatic carboxylic acids is 1. The fourth-order valence-corrected chi connectivity index (χ4v) is 10.8. The molecule has 5 N–H and O–H groups in total. The number of rotatable bonds is 2. The van der Waals surface area contributed by atoms with Crippen LogP contribution >= 0.6 is 0 Å². The minimum absolute atomic E-state index is 0.0888. The van der Waals surface area contributed by atoms with Crippen LogP contribution in [0.4, 0.5) is 0 Å². The standard InChI is InChI=1S/C30H48O6/c1-25(2)11-13-30(24(35)36)14-12-28(5)17(21(30)23(25)34)7-8-20-26(3)15-18(32)22(33)27(4,16-31)19(26)9-10-29(20,28)6/h7,18-23,31-34H,8-16H2,1-6H3,(H,35,36)/t18-,19+,20-,21-,22+,23+,26+,27+,28-,29-,30+/m1/s1. The van der Waals surface area contributed by atoms with Gasteiger partial charge in [-0.05, 0) is 84.9 Å². The average molecular weight is 505 g/mol. The third kappa shape index (κ3) is 2.96. The molecule has 204 valence electrons. The summed E-state index contributed by atoms with van der Waals surface area (Å²) in [6.45, 7) is 12.9. The third-order valence-electron chi connectivity index (χ3n) is 13.4. The highest BCUT2D eigenvalue weighted by molar-refractivity contribution is 5.77. The summed E-state index contributed by atoms with van der Waals surface area (Å²) in [5, 5.41) is 54.5. The number of fused-ring (bicyclic) bond motifs is 7. The highest BCUT2D eigenvalue weighted by Gasteiger charge is 2.71. The largest absolute Gasteiger partial charge is 0.481 e. The van der Waals surface area contributed by atoms with E-state index in [9.17, 15) is 30.3 Å². The molecule has 5 rings (SSSR count). The predicted octanol–water partition coefficient (Wildman–Crippen LogP) is 4.15. The van der Waals surface area contributed by atoms with Gasteiger partial charge in [-0.3, -0.25) is 4.79 Å². The number of aliphatic hydroxyl groups excluding tert-OH is 4. The quantitative estimate of drug-likeness (QED) is 0.361. The Kier molecular flexibility index (Phi) is 5.77. The van der Waals surface area contributed by atoms with Crippen molar-refractivity contribution in [2.45, 2.75) is 111 Å². The van der Waals surface area contributed by atoms with Gasteiger partial charge in [-0.15, -0.1) is 0 Å². The molecule has 6 heteroatoms. The number of hydrogen-bond acceptors (Lipinski definition) is 5. The Morgan fingerprint density at radius 3 is 2.17 bits per heavy atom. The maximum Gasteiger partial charge on any atom is 0.310 e. The maximum atomic E-state index is 12.8. The highest BCUT2D eigenvalue weighted by atomic mass is 16.4. The van der Waals surface area contributed by atoms with Gasteiger partial charge < -0.3 is 25.5 Å². The SMILES string of the molecule is CC1(C)CC[C@]2(C(=O)O)CC[C@]3(C)C(=CC[C@@H]4[C@@]5(C)C[C@@H](O)[C@H](O)[C@@](C)(CO)[C@H]5CC[C@]43C)[C@@H]2[C@@H]1O. The molecule has 0 bridgehead atoms. The summed E-state index contributed by atoms with van der Waals surface area (Å²) in [7, 11) is 0. The predicted molar refractivity (Wildman–Crippen MR) is 137 cm³/mol. The lowest BCUT2D eigenvalue weighted by Gasteiger charge is -2.71. The van der Waals surface area contributed by atoms with Gasteiger partial charge in [0.05, 0.1) is 30.3 Å². The van der Waals surface area contributed by atoms with Gasteiger partial charge in [0, 0.05) is 11.3 Å². The van der Waals surface area contributed by atoms with Gasteiger partial charge >= 0.3 is 5.97 Å². The number of carbonyl (C=O) groups is 1. The van der Waals surface area contributed by atoms with Gasteiger partial charge in [0.25, 0.3) is 0 Å². The highest BCUT2D eigenvalue weighted by Crippen LogP contribution is 2.75. The smallest absolute Gasteiger partial charge is 0.310 e. The van der Waals surface area contributed by atoms with Crippen molar-refractivity contribution in [3.63, 3.8) is 0 Å². The van der Waals surface area contributed by atoms with Crippen molar-refractivity contribution in [2.24, 2.45) is 50.2 Å². The molecular formula is C30H48O6. The normalized spacial score (nSPS) is 55.9. The molecule has 5 aliphatic rings. The molecule has 6 nitrogen and oxygen atoms in total. The molecule has 0 aromatic heterocycles. The van der Waals surface area contributed by atoms with Crippen LogP contribution in [0.2, 0.25) is 0 Å². The molecule has 5 aliphatic carbocycles. The Hall–Kier alpha value is -0.950. The van der Waals surface area contributed by atoms with E-state index in [1.54, 1.807) is 0 Å². The molecule has 4 saturated carbocycles. The van der Waals surface area contributed by atoms with E-state index in [-0.39, 0.29) is 46.0 Å². The lowest BCUT2D eigenvalue weighted by molar-refractivity contribution is -0.245. The fourth-order valence-electron chi connectivity index (χ4n) is 10.8. The van der Waals surface area contributed by atoms with Crippen LogP contribution in [-0.2, 0) is 4.79 Å². The maximum absolute atomic E-state index is 12.8. The lowest BCUT2D eigenvalue weighted by Crippen LogP contribution is -2.69. The van der Waals surface area contributed by atoms with Gasteiger partial charge in [0.1, 0.15) is 0 Å². The zero-order chi connectivity index (χ0) is 26.7. The number of carboxylic acids is 1. The Balaban J connectivity index is 1.63. The summed E-state index contributed by atoms with van der Waals surface area (Å²) in [5.74, 6) is -0.833. The Bertz CT molecular complexity index is 974. The van der Waals surface area contributed by atoms with Crippen molar-refractivity contribution >= 4 is 5.97 Å². The van der Waals surface area contributed by atoms with Crippen LogP contribution in [0, 0.1) is 50.2 Å². The zero-order valence-corrected chi connectivity index (χ0v) is 23.0. The average Bonchev–Trinajstić information content (AvgIpc) is 2.80. The van der Waals surface area contributed by atoms with E-state index in [0.29, 0.717) is 25.7 Å². The van der Waals surface area contributed by atoms with Crippen molar-refractivity contribution in [1.82, 2.24) is 0 Å². The molecule has 0 aromatic carbocycles. The molecule has 36 heavy (non-hydrogen) atoms. The molecule has 0 unspecified atom stereocenters. The van der Waals surface area contributed by atoms with Crippen LogP contribution in [0.25, 0.3) is 0 Å². The lowest BCUT2D eigenvalue weighted by atomic mass is 9.33. The van der Waals surface area contributed by atoms with Crippen LogP contribution in [0.3, 0.4) is 0 Å². The van der Waals surface area contributed by atoms with Crippen LogP contribution in [0.15, 0.2) is 11.6 Å². The van der Waals surface area contributed by atoms with E-state index in [1.165, 1.54) is 0 Å². The molecule has 0 amide bonds. The number of allylic oxidation sites excluding steroid dienone is 1. The molecule has 0 spiro atoms. The Morgan fingerprint density at radius 2 is 1.56 bits per heavy atom. The van der Waals surface area contributed by atoms with E-state index in [4.69, 9.17) is 0 Å². The number of aliphatic hydroxyl groups is 4. The summed E-state index contributed by atoms with van der Waals surface area (Å²) >= 11 is 0. The van der Waals surface area contributed by atoms with Crippen molar-refractivity contribution in [1.29, 1.82) is 0 Å². The fraction of sp³-hybridized carbons (Fsp3) is 0.900. The molecule has 0 heterocycles. The summed E-state index contributed by atoms with van der Waals surface area (Å²) in [5.41, 5.74) is -1.50. The van der Waals surface area contributed by atoms with Crippen molar-refractivity contribution < 1.29 is 30.3 Å². The van der Waals surface area contributed by atoms with Gasteiger partial charge in [-0.1, -0.05) is 53.2 Å². The van der Waals surface area contributed by atoms with Crippen LogP contribution in [0.5, 0.6) is 0 Å². The summed E-state index contributed by atoms with van der Waals surface area (Å²) in [6, 6.07) is 0. The zero-order valence-electron chi connectivity index (χ0n) is 23.0. The van der Waals surface area contributed by atoms with Crippen LogP contribution in [-0.4, -0.2) is 56.4 Å². The van der Waals surface area contributed by atoms with Gasteiger partial charge in [0.15, 0.2) is 0 Å². The van der Waals surface area contributed by atoms with E-state index >= 15 is 0 Å². The molecule has 11 atom stereocenters. The first-order valence-electron chi connectivity index (χ1n) is 14.1. The topological polar surface area (TPSA) is 118 Å². The molecule has 0 radical (unpaired) electrons. The van der Waals surface area contributed by atoms with Crippen molar-refractivity contribution in [3.05, 3.63) is 11.6 Å². The van der Waals surface area contributed by atoms with Gasteiger partial charge in [0.2, 0.25) is 0 Å². The Morgan fingerprint density at radius 1 is 0.917 bits per heavy atom. The van der Waals surface area contributed by atoms with Gasteiger partial charge in [-0.2, -0.15) is 0 Å². The molecule has 4 fully saturated rings. The van der Waals surface area contributed by atoms with E-state index in [1.807, 2.05) is 6.92 Å². The second-order valence-corrected chi connectivity index (χ2v) is 15.0. The monoisotopic (exact) mass is 504 g/mol. The first kappa shape index (κ1) is 26.6.